The number of hydrogen-bond donors (Lipinski definition) is 1. The molecular formula is C21H17N5O2S2. The first-order valence-corrected chi connectivity index (χ1v) is 10.7. The summed E-state index contributed by atoms with van der Waals surface area (Å²) in [5, 5.41) is 24.4. The van der Waals surface area contributed by atoms with Crippen LogP contribution in [0.5, 0.6) is 11.5 Å². The van der Waals surface area contributed by atoms with Crippen molar-refractivity contribution in [2.45, 2.75) is 10.1 Å². The Morgan fingerprint density at radius 3 is 2.30 bits per heavy atom. The molecule has 1 heterocycles. The van der Waals surface area contributed by atoms with Gasteiger partial charge >= 0.3 is 0 Å². The number of thiocyanates is 1. The molecule has 1 aromatic heterocycles. The van der Waals surface area contributed by atoms with Gasteiger partial charge in [-0.25, -0.2) is 9.97 Å². The van der Waals surface area contributed by atoms with Crippen molar-refractivity contribution in [3.05, 3.63) is 48.0 Å². The highest BCUT2D eigenvalue weighted by Crippen LogP contribution is 2.35. The molecule has 0 aliphatic rings. The van der Waals surface area contributed by atoms with Gasteiger partial charge in [0.15, 0.2) is 22.5 Å². The number of methoxy groups -OCH3 is 2. The molecule has 3 aromatic rings. The second-order valence-corrected chi connectivity index (χ2v) is 7.44. The Hall–Kier alpha value is -3.40. The number of hydrogen-bond acceptors (Lipinski definition) is 9. The molecule has 0 fully saturated rings. The summed E-state index contributed by atoms with van der Waals surface area (Å²) in [4.78, 5) is 9.88. The van der Waals surface area contributed by atoms with Crippen molar-refractivity contribution in [1.82, 2.24) is 9.97 Å². The third kappa shape index (κ3) is 4.60. The number of aromatic nitrogens is 2. The maximum Gasteiger partial charge on any atom is 0.189 e. The van der Waals surface area contributed by atoms with E-state index < -0.39 is 0 Å². The van der Waals surface area contributed by atoms with E-state index in [0.717, 1.165) is 22.3 Å². The Morgan fingerprint density at radius 1 is 0.967 bits per heavy atom. The number of rotatable bonds is 7. The Bertz CT molecular complexity index is 1140. The highest BCUT2D eigenvalue weighted by molar-refractivity contribution is 8.03. The third-order valence-electron chi connectivity index (χ3n) is 4.12. The monoisotopic (exact) mass is 435 g/mol. The first-order chi connectivity index (χ1) is 14.6. The number of benzene rings is 2. The summed E-state index contributed by atoms with van der Waals surface area (Å²) in [6, 6.07) is 14.9. The van der Waals surface area contributed by atoms with Crippen molar-refractivity contribution in [3.63, 3.8) is 0 Å². The van der Waals surface area contributed by atoms with Crippen LogP contribution in [0, 0.1) is 22.0 Å². The summed E-state index contributed by atoms with van der Waals surface area (Å²) >= 11 is 2.47. The lowest BCUT2D eigenvalue weighted by Gasteiger charge is -2.14. The number of nitrogens with zero attached hydrogens (tertiary/aromatic N) is 4. The van der Waals surface area contributed by atoms with Crippen molar-refractivity contribution < 1.29 is 9.47 Å². The normalized spacial score (nSPS) is 10.0. The van der Waals surface area contributed by atoms with Crippen molar-refractivity contribution in [2.75, 3.05) is 25.8 Å². The second kappa shape index (κ2) is 9.88. The van der Waals surface area contributed by atoms with Crippen molar-refractivity contribution in [2.24, 2.45) is 0 Å². The predicted molar refractivity (Wildman–Crippen MR) is 118 cm³/mol. The van der Waals surface area contributed by atoms with E-state index >= 15 is 0 Å². The molecule has 0 aliphatic heterocycles. The molecule has 0 unspecified atom stereocenters. The lowest BCUT2D eigenvalue weighted by atomic mass is 10.1. The highest BCUT2D eigenvalue weighted by Gasteiger charge is 2.18. The third-order valence-corrected chi connectivity index (χ3v) is 5.27. The number of anilines is 2. The standard InChI is InChI=1S/C21H17N5O2S2/c1-27-17-9-4-13(10-18(17)28-2)19-16(11-22)20(26-21(25-19)29-3)24-14-5-7-15(8-6-14)30-12-23/h4-10H,1-3H3,(H,24,25,26). The van der Waals surface area contributed by atoms with E-state index in [9.17, 15) is 5.26 Å². The van der Waals surface area contributed by atoms with Crippen LogP contribution in [-0.2, 0) is 0 Å². The molecular weight excluding hydrogens is 418 g/mol. The fourth-order valence-electron chi connectivity index (χ4n) is 2.72. The van der Waals surface area contributed by atoms with Crippen LogP contribution in [0.1, 0.15) is 5.56 Å². The van der Waals surface area contributed by atoms with Crippen LogP contribution in [0.25, 0.3) is 11.3 Å². The zero-order valence-corrected chi connectivity index (χ0v) is 18.1. The molecule has 0 radical (unpaired) electrons. The molecule has 0 saturated heterocycles. The van der Waals surface area contributed by atoms with E-state index in [0.29, 0.717) is 39.3 Å². The summed E-state index contributed by atoms with van der Waals surface area (Å²) in [6.07, 6.45) is 1.87. The van der Waals surface area contributed by atoms with Gasteiger partial charge in [0.05, 0.1) is 19.9 Å². The zero-order chi connectivity index (χ0) is 21.5. The van der Waals surface area contributed by atoms with Crippen LogP contribution < -0.4 is 14.8 Å². The minimum absolute atomic E-state index is 0.315. The fraction of sp³-hybridized carbons (Fsp3) is 0.143. The van der Waals surface area contributed by atoms with Crippen LogP contribution in [-0.4, -0.2) is 30.4 Å². The highest BCUT2D eigenvalue weighted by atomic mass is 32.2. The first-order valence-electron chi connectivity index (χ1n) is 8.65. The van der Waals surface area contributed by atoms with Crippen LogP contribution in [0.15, 0.2) is 52.5 Å². The second-order valence-electron chi connectivity index (χ2n) is 5.81. The van der Waals surface area contributed by atoms with Crippen LogP contribution in [0.2, 0.25) is 0 Å². The van der Waals surface area contributed by atoms with Gasteiger partial charge in [0.1, 0.15) is 17.0 Å². The maximum absolute atomic E-state index is 9.87. The average Bonchev–Trinajstić information content (AvgIpc) is 2.79. The Balaban J connectivity index is 2.07. The minimum Gasteiger partial charge on any atom is -0.493 e. The Kier molecular flexibility index (Phi) is 7.02. The van der Waals surface area contributed by atoms with Gasteiger partial charge in [-0.2, -0.15) is 10.5 Å². The Morgan fingerprint density at radius 2 is 1.70 bits per heavy atom. The lowest BCUT2D eigenvalue weighted by Crippen LogP contribution is -2.03. The summed E-state index contributed by atoms with van der Waals surface area (Å²) in [5.74, 6) is 1.54. The maximum atomic E-state index is 9.87. The zero-order valence-electron chi connectivity index (χ0n) is 16.5. The van der Waals surface area contributed by atoms with E-state index in [1.807, 2.05) is 42.0 Å². The van der Waals surface area contributed by atoms with Crippen LogP contribution in [0.3, 0.4) is 0 Å². The molecule has 0 saturated carbocycles. The van der Waals surface area contributed by atoms with Crippen LogP contribution in [0.4, 0.5) is 11.5 Å². The molecule has 0 spiro atoms. The largest absolute Gasteiger partial charge is 0.493 e. The number of nitrogens with one attached hydrogen (secondary N) is 1. The quantitative estimate of drug-likeness (QED) is 0.309. The SMILES string of the molecule is COc1ccc(-c2nc(SC)nc(Nc3ccc(SC#N)cc3)c2C#N)cc1OC. The van der Waals surface area contributed by atoms with Gasteiger partial charge in [-0.1, -0.05) is 11.8 Å². The van der Waals surface area contributed by atoms with Crippen molar-refractivity contribution >= 4 is 35.0 Å². The fourth-order valence-corrected chi connectivity index (χ4v) is 3.46. The summed E-state index contributed by atoms with van der Waals surface area (Å²) < 4.78 is 10.7. The molecule has 30 heavy (non-hydrogen) atoms. The molecule has 0 amide bonds. The van der Waals surface area contributed by atoms with E-state index in [2.05, 4.69) is 21.4 Å². The molecule has 1 N–H and O–H groups in total. The molecule has 0 aliphatic carbocycles. The van der Waals surface area contributed by atoms with Crippen molar-refractivity contribution in [1.29, 1.82) is 10.5 Å². The predicted octanol–water partition coefficient (Wildman–Crippen LogP) is 5.07. The van der Waals surface area contributed by atoms with E-state index in [4.69, 9.17) is 14.7 Å². The van der Waals surface area contributed by atoms with Gasteiger partial charge in [-0.05, 0) is 60.5 Å². The smallest absolute Gasteiger partial charge is 0.189 e. The van der Waals surface area contributed by atoms with Crippen LogP contribution >= 0.6 is 23.5 Å². The molecule has 150 valence electrons. The average molecular weight is 436 g/mol. The van der Waals surface area contributed by atoms with Gasteiger partial charge in [-0.15, -0.1) is 0 Å². The molecule has 9 heteroatoms. The summed E-state index contributed by atoms with van der Waals surface area (Å²) in [6.45, 7) is 0. The number of nitriles is 2. The molecule has 0 bridgehead atoms. The summed E-state index contributed by atoms with van der Waals surface area (Å²) in [7, 11) is 3.12. The number of thioether (sulfide) groups is 2. The van der Waals surface area contributed by atoms with Gasteiger partial charge in [0.2, 0.25) is 0 Å². The Labute approximate surface area is 183 Å². The lowest BCUT2D eigenvalue weighted by molar-refractivity contribution is 0.355. The van der Waals surface area contributed by atoms with Gasteiger partial charge < -0.3 is 14.8 Å². The van der Waals surface area contributed by atoms with Gasteiger partial charge in [0, 0.05) is 16.1 Å². The summed E-state index contributed by atoms with van der Waals surface area (Å²) in [5.41, 5.74) is 2.27. The molecule has 7 nitrogen and oxygen atoms in total. The minimum atomic E-state index is 0.315. The van der Waals surface area contributed by atoms with E-state index in [1.165, 1.54) is 11.8 Å². The topological polar surface area (TPSA) is 104 Å². The molecule has 2 aromatic carbocycles. The van der Waals surface area contributed by atoms with E-state index in [-0.39, 0.29) is 0 Å². The first kappa shape index (κ1) is 21.3. The van der Waals surface area contributed by atoms with Gasteiger partial charge in [-0.3, -0.25) is 0 Å². The molecule has 0 atom stereocenters. The van der Waals surface area contributed by atoms with Crippen molar-refractivity contribution in [3.8, 4) is 34.2 Å². The van der Waals surface area contributed by atoms with E-state index in [1.54, 1.807) is 26.4 Å². The van der Waals surface area contributed by atoms with Gasteiger partial charge in [0.25, 0.3) is 0 Å². The molecule has 3 rings (SSSR count). The number of ether oxygens (including phenoxy) is 2.